The summed E-state index contributed by atoms with van der Waals surface area (Å²) in [6, 6.07) is 18.3. The molecule has 0 aliphatic carbocycles. The van der Waals surface area contributed by atoms with Gasteiger partial charge in [-0.3, -0.25) is 9.59 Å². The molecule has 3 aromatic carbocycles. The highest BCUT2D eigenvalue weighted by atomic mass is 32.2. The molecule has 0 radical (unpaired) electrons. The predicted octanol–water partition coefficient (Wildman–Crippen LogP) is 7.40. The number of thioether (sulfide) groups is 4. The number of carbonyl (C=O) groups is 2. The summed E-state index contributed by atoms with van der Waals surface area (Å²) in [6.45, 7) is 5.50. The Balaban J connectivity index is 1.30. The molecule has 0 atom stereocenters. The number of amides is 2. The van der Waals surface area contributed by atoms with E-state index in [1.807, 2.05) is 62.4 Å². The van der Waals surface area contributed by atoms with Crippen LogP contribution in [0.5, 0.6) is 11.5 Å². The van der Waals surface area contributed by atoms with Gasteiger partial charge in [-0.15, -0.1) is 0 Å². The fraction of sp³-hybridized carbons (Fsp3) is 0.103. The van der Waals surface area contributed by atoms with Gasteiger partial charge in [-0.25, -0.2) is 5.01 Å². The zero-order valence-electron chi connectivity index (χ0n) is 22.0. The van der Waals surface area contributed by atoms with Gasteiger partial charge in [-0.05, 0) is 50.6 Å². The molecule has 0 aromatic heterocycles. The number of rotatable bonds is 5. The third-order valence-electron chi connectivity index (χ3n) is 6.50. The standard InChI is InChI=1S/C29H22N4O4S4/c1-15(16(2)30-32(14-34)18-10-6-4-7-11-18)28-38-23-21(35)25-26(22(36)24(23)39-28)41-29(40-25)20-17(3)31-33(27(20)37)19-12-8-5-9-13-19/h4-14,35-36H,1-3H3/b28-15?,29-20?,30-16-. The van der Waals surface area contributed by atoms with E-state index in [9.17, 15) is 19.8 Å². The monoisotopic (exact) mass is 618 g/mol. The van der Waals surface area contributed by atoms with Gasteiger partial charge < -0.3 is 10.2 Å². The largest absolute Gasteiger partial charge is 0.505 e. The first kappa shape index (κ1) is 27.6. The van der Waals surface area contributed by atoms with Crippen LogP contribution in [-0.4, -0.2) is 34.0 Å². The highest BCUT2D eigenvalue weighted by Gasteiger charge is 2.39. The van der Waals surface area contributed by atoms with Gasteiger partial charge in [0.2, 0.25) is 6.41 Å². The fourth-order valence-corrected chi connectivity index (χ4v) is 9.81. The molecule has 6 rings (SSSR count). The second-order valence-electron chi connectivity index (χ2n) is 9.11. The summed E-state index contributed by atoms with van der Waals surface area (Å²) >= 11 is 5.23. The van der Waals surface area contributed by atoms with Crippen LogP contribution in [0.15, 0.2) is 110 Å². The molecule has 3 aliphatic heterocycles. The first-order valence-electron chi connectivity index (χ1n) is 12.4. The summed E-state index contributed by atoms with van der Waals surface area (Å²) in [5.74, 6) is -0.119. The van der Waals surface area contributed by atoms with Gasteiger partial charge in [0.25, 0.3) is 5.91 Å². The van der Waals surface area contributed by atoms with Crippen molar-refractivity contribution in [2.75, 3.05) is 10.0 Å². The molecule has 0 saturated carbocycles. The molecule has 12 heteroatoms. The number of phenols is 2. The van der Waals surface area contributed by atoms with Crippen molar-refractivity contribution in [1.29, 1.82) is 0 Å². The number of benzene rings is 3. The summed E-state index contributed by atoms with van der Waals surface area (Å²) in [7, 11) is 0. The molecular formula is C29H22N4O4S4. The summed E-state index contributed by atoms with van der Waals surface area (Å²) < 4.78 is 1.51. The fourth-order valence-electron chi connectivity index (χ4n) is 4.28. The maximum Gasteiger partial charge on any atom is 0.282 e. The van der Waals surface area contributed by atoms with E-state index in [1.165, 1.54) is 57.1 Å². The van der Waals surface area contributed by atoms with Crippen molar-refractivity contribution < 1.29 is 19.8 Å². The molecule has 3 aromatic rings. The van der Waals surface area contributed by atoms with E-state index < -0.39 is 0 Å². The minimum atomic E-state index is -0.248. The number of nitrogens with zero attached hydrogens (tertiary/aromatic N) is 4. The lowest BCUT2D eigenvalue weighted by Gasteiger charge is -2.13. The van der Waals surface area contributed by atoms with E-state index in [1.54, 1.807) is 19.1 Å². The average molecular weight is 619 g/mol. The maximum absolute atomic E-state index is 13.3. The topological polar surface area (TPSA) is 106 Å². The average Bonchev–Trinajstić information content (AvgIpc) is 3.71. The minimum Gasteiger partial charge on any atom is -0.505 e. The summed E-state index contributed by atoms with van der Waals surface area (Å²) in [4.78, 5) is 27.2. The molecule has 0 bridgehead atoms. The number of hydrogen-bond acceptors (Lipinski definition) is 10. The van der Waals surface area contributed by atoms with Crippen LogP contribution in [0, 0.1) is 0 Å². The van der Waals surface area contributed by atoms with E-state index in [-0.39, 0.29) is 17.4 Å². The molecule has 0 saturated heterocycles. The molecule has 3 heterocycles. The molecule has 3 aliphatic rings. The molecule has 0 spiro atoms. The molecule has 2 amide bonds. The number of anilines is 2. The Morgan fingerprint density at radius 2 is 1.41 bits per heavy atom. The van der Waals surface area contributed by atoms with Crippen molar-refractivity contribution >= 4 is 82.2 Å². The van der Waals surface area contributed by atoms with Crippen molar-refractivity contribution in [3.8, 4) is 11.5 Å². The zero-order valence-corrected chi connectivity index (χ0v) is 25.2. The van der Waals surface area contributed by atoms with Gasteiger partial charge in [0.15, 0.2) is 0 Å². The summed E-state index contributed by atoms with van der Waals surface area (Å²) in [5, 5.41) is 34.2. The van der Waals surface area contributed by atoms with Crippen molar-refractivity contribution in [3.05, 3.63) is 80.3 Å². The molecule has 41 heavy (non-hydrogen) atoms. The van der Waals surface area contributed by atoms with Crippen LogP contribution in [-0.2, 0) is 9.59 Å². The number of hydrogen-bond donors (Lipinski definition) is 2. The van der Waals surface area contributed by atoms with Crippen LogP contribution in [0.3, 0.4) is 0 Å². The van der Waals surface area contributed by atoms with Crippen LogP contribution in [0.25, 0.3) is 0 Å². The van der Waals surface area contributed by atoms with Crippen LogP contribution in [0.2, 0.25) is 0 Å². The Bertz CT molecular complexity index is 1690. The smallest absolute Gasteiger partial charge is 0.282 e. The van der Waals surface area contributed by atoms with Gasteiger partial charge in [0.1, 0.15) is 11.5 Å². The van der Waals surface area contributed by atoms with Gasteiger partial charge in [-0.1, -0.05) is 83.4 Å². The predicted molar refractivity (Wildman–Crippen MR) is 168 cm³/mol. The first-order valence-corrected chi connectivity index (χ1v) is 15.6. The number of allylic oxidation sites excluding steroid dienone is 1. The molecule has 0 fully saturated rings. The second kappa shape index (κ2) is 11.0. The quantitative estimate of drug-likeness (QED) is 0.100. The SMILES string of the molecule is CC1=NN(c2ccccc2)C(=O)C1=C1Sc2c(O)c3c(c(O)c2S1)SC(=C(C)/C(C)=N\N(C=O)c1ccccc1)S3. The Morgan fingerprint density at radius 3 is 1.98 bits per heavy atom. The lowest BCUT2D eigenvalue weighted by molar-refractivity contribution is -0.114. The van der Waals surface area contributed by atoms with E-state index >= 15 is 0 Å². The van der Waals surface area contributed by atoms with E-state index in [0.717, 1.165) is 9.81 Å². The third kappa shape index (κ3) is 4.84. The van der Waals surface area contributed by atoms with Crippen molar-refractivity contribution in [1.82, 2.24) is 0 Å². The Hall–Kier alpha value is -3.58. The summed E-state index contributed by atoms with van der Waals surface area (Å²) in [6.07, 6.45) is 0.657. The van der Waals surface area contributed by atoms with Crippen LogP contribution < -0.4 is 10.0 Å². The van der Waals surface area contributed by atoms with Crippen molar-refractivity contribution in [3.63, 3.8) is 0 Å². The molecule has 8 nitrogen and oxygen atoms in total. The number of hydrazone groups is 2. The van der Waals surface area contributed by atoms with Gasteiger partial charge in [0.05, 0.1) is 56.4 Å². The first-order chi connectivity index (χ1) is 19.8. The second-order valence-corrected chi connectivity index (χ2v) is 13.7. The lowest BCUT2D eigenvalue weighted by Crippen LogP contribution is -2.21. The highest BCUT2D eigenvalue weighted by Crippen LogP contribution is 2.68. The van der Waals surface area contributed by atoms with Crippen LogP contribution in [0.4, 0.5) is 11.4 Å². The third-order valence-corrected chi connectivity index (χ3v) is 11.9. The lowest BCUT2D eigenvalue weighted by atomic mass is 10.2. The van der Waals surface area contributed by atoms with E-state index in [4.69, 9.17) is 0 Å². The molecular weight excluding hydrogens is 597 g/mol. The highest BCUT2D eigenvalue weighted by molar-refractivity contribution is 8.26. The molecule has 206 valence electrons. The summed E-state index contributed by atoms with van der Waals surface area (Å²) in [5.41, 5.74) is 3.80. The normalized spacial score (nSPS) is 16.2. The van der Waals surface area contributed by atoms with Crippen molar-refractivity contribution in [2.45, 2.75) is 40.4 Å². The molecule has 2 N–H and O–H groups in total. The Labute approximate surface area is 253 Å². The molecule has 0 unspecified atom stereocenters. The maximum atomic E-state index is 13.3. The van der Waals surface area contributed by atoms with Gasteiger partial charge in [0, 0.05) is 0 Å². The van der Waals surface area contributed by atoms with E-state index in [2.05, 4.69) is 10.2 Å². The van der Waals surface area contributed by atoms with Gasteiger partial charge >= 0.3 is 0 Å². The van der Waals surface area contributed by atoms with E-state index in [0.29, 0.717) is 58.6 Å². The van der Waals surface area contributed by atoms with Gasteiger partial charge in [-0.2, -0.15) is 15.2 Å². The van der Waals surface area contributed by atoms with Crippen LogP contribution >= 0.6 is 47.0 Å². The Kier molecular flexibility index (Phi) is 7.41. The van der Waals surface area contributed by atoms with Crippen LogP contribution in [0.1, 0.15) is 20.8 Å². The number of phenolic OH excluding ortho intramolecular Hbond substituents is 2. The zero-order chi connectivity index (χ0) is 28.8. The number of fused-ring (bicyclic) bond motifs is 2. The minimum absolute atomic E-state index is 0.0644. The van der Waals surface area contributed by atoms with Crippen molar-refractivity contribution in [2.24, 2.45) is 10.2 Å². The number of carbonyl (C=O) groups excluding carboxylic acids is 2. The number of para-hydroxylation sites is 2. The number of aromatic hydroxyl groups is 2. The Morgan fingerprint density at radius 1 is 0.878 bits per heavy atom.